The molecule has 0 spiro atoms. The van der Waals surface area contributed by atoms with Gasteiger partial charge in [-0.15, -0.1) is 0 Å². The van der Waals surface area contributed by atoms with E-state index < -0.39 is 6.10 Å². The number of hydrogen-bond acceptors (Lipinski definition) is 4. The fraction of sp³-hybridized carbons (Fsp3) is 0.786. The normalized spacial score (nSPS) is 12.2. The summed E-state index contributed by atoms with van der Waals surface area (Å²) >= 11 is 0. The molecule has 0 aromatic heterocycles. The summed E-state index contributed by atoms with van der Waals surface area (Å²) in [4.78, 5) is 10.8. The van der Waals surface area contributed by atoms with Crippen LogP contribution < -0.4 is 0 Å². The molecule has 18 heavy (non-hydrogen) atoms. The van der Waals surface area contributed by atoms with E-state index in [1.807, 2.05) is 0 Å². The first kappa shape index (κ1) is 17.1. The van der Waals surface area contributed by atoms with E-state index in [0.717, 1.165) is 38.5 Å². The number of carbonyl (C=O) groups is 1. The minimum atomic E-state index is -0.559. The first-order valence-electron chi connectivity index (χ1n) is 6.69. The predicted molar refractivity (Wildman–Crippen MR) is 71.2 cm³/mol. The Morgan fingerprint density at radius 3 is 2.28 bits per heavy atom. The fourth-order valence-electron chi connectivity index (χ4n) is 1.58. The molecule has 0 saturated carbocycles. The van der Waals surface area contributed by atoms with Gasteiger partial charge in [0, 0.05) is 6.92 Å². The van der Waals surface area contributed by atoms with Gasteiger partial charge in [0.15, 0.2) is 11.5 Å². The van der Waals surface area contributed by atoms with Gasteiger partial charge in [-0.25, -0.2) is 0 Å². The van der Waals surface area contributed by atoms with Crippen LogP contribution in [0.2, 0.25) is 0 Å². The molecule has 4 heteroatoms. The zero-order chi connectivity index (χ0) is 13.8. The van der Waals surface area contributed by atoms with Crippen molar-refractivity contribution in [2.24, 2.45) is 0 Å². The minimum absolute atomic E-state index is 0.113. The van der Waals surface area contributed by atoms with Crippen LogP contribution in [-0.4, -0.2) is 35.3 Å². The summed E-state index contributed by atoms with van der Waals surface area (Å²) in [5.74, 6) is 0.130. The molecule has 0 fully saturated rings. The van der Waals surface area contributed by atoms with Crippen LogP contribution in [0.5, 0.6) is 0 Å². The van der Waals surface area contributed by atoms with Gasteiger partial charge in [0.25, 0.3) is 0 Å². The zero-order valence-corrected chi connectivity index (χ0v) is 11.4. The highest BCUT2D eigenvalue weighted by molar-refractivity contribution is 5.90. The summed E-state index contributed by atoms with van der Waals surface area (Å²) in [6, 6.07) is 0. The van der Waals surface area contributed by atoms with E-state index in [4.69, 9.17) is 14.9 Å². The van der Waals surface area contributed by atoms with E-state index in [0.29, 0.717) is 13.0 Å². The monoisotopic (exact) mass is 258 g/mol. The first-order valence-corrected chi connectivity index (χ1v) is 6.69. The Kier molecular flexibility index (Phi) is 10.7. The van der Waals surface area contributed by atoms with Gasteiger partial charge in [-0.05, 0) is 12.8 Å². The number of ketones is 1. The van der Waals surface area contributed by atoms with Gasteiger partial charge in [-0.1, -0.05) is 38.7 Å². The van der Waals surface area contributed by atoms with E-state index in [2.05, 4.69) is 6.58 Å². The van der Waals surface area contributed by atoms with Crippen LogP contribution in [0.3, 0.4) is 0 Å². The van der Waals surface area contributed by atoms with E-state index in [1.165, 1.54) is 6.92 Å². The molecule has 0 rings (SSSR count). The molecule has 0 saturated heterocycles. The minimum Gasteiger partial charge on any atom is -0.491 e. The number of hydrogen-bond donors (Lipinski definition) is 2. The van der Waals surface area contributed by atoms with Crippen molar-refractivity contribution in [1.82, 2.24) is 0 Å². The number of aliphatic hydroxyl groups is 2. The summed E-state index contributed by atoms with van der Waals surface area (Å²) < 4.78 is 5.17. The lowest BCUT2D eigenvalue weighted by molar-refractivity contribution is -0.116. The van der Waals surface area contributed by atoms with E-state index >= 15 is 0 Å². The molecular weight excluding hydrogens is 232 g/mol. The van der Waals surface area contributed by atoms with E-state index in [9.17, 15) is 4.79 Å². The Morgan fingerprint density at radius 2 is 1.72 bits per heavy atom. The van der Waals surface area contributed by atoms with Crippen LogP contribution in [-0.2, 0) is 9.53 Å². The lowest BCUT2D eigenvalue weighted by Crippen LogP contribution is -2.10. The SMILES string of the molecule is C=C(OCCCCCCCCC(O)CO)C(C)=O. The summed E-state index contributed by atoms with van der Waals surface area (Å²) in [6.07, 6.45) is 6.43. The van der Waals surface area contributed by atoms with Gasteiger partial charge in [0.1, 0.15) is 0 Å². The van der Waals surface area contributed by atoms with Crippen molar-refractivity contribution in [2.75, 3.05) is 13.2 Å². The number of unbranched alkanes of at least 4 members (excludes halogenated alkanes) is 5. The summed E-state index contributed by atoms with van der Waals surface area (Å²) in [6.45, 7) is 5.38. The second-order valence-electron chi connectivity index (χ2n) is 4.57. The average Bonchev–Trinajstić information content (AvgIpc) is 2.35. The molecule has 0 aromatic carbocycles. The Morgan fingerprint density at radius 1 is 1.17 bits per heavy atom. The van der Waals surface area contributed by atoms with Crippen LogP contribution in [0.4, 0.5) is 0 Å². The van der Waals surface area contributed by atoms with Crippen molar-refractivity contribution in [3.05, 3.63) is 12.3 Å². The quantitative estimate of drug-likeness (QED) is 0.320. The van der Waals surface area contributed by atoms with Gasteiger partial charge in [-0.2, -0.15) is 0 Å². The fourth-order valence-corrected chi connectivity index (χ4v) is 1.58. The van der Waals surface area contributed by atoms with Gasteiger partial charge in [-0.3, -0.25) is 4.79 Å². The number of allylic oxidation sites excluding steroid dienone is 1. The molecule has 0 aromatic rings. The molecule has 2 N–H and O–H groups in total. The van der Waals surface area contributed by atoms with Crippen LogP contribution in [0.15, 0.2) is 12.3 Å². The van der Waals surface area contributed by atoms with Crippen molar-refractivity contribution >= 4 is 5.78 Å². The highest BCUT2D eigenvalue weighted by atomic mass is 16.5. The average molecular weight is 258 g/mol. The third kappa shape index (κ3) is 10.3. The standard InChI is InChI=1S/C14H26O4/c1-12(16)13(2)18-10-8-6-4-3-5-7-9-14(17)11-15/h14-15,17H,2-11H2,1H3. The second kappa shape index (κ2) is 11.2. The lowest BCUT2D eigenvalue weighted by atomic mass is 10.1. The van der Waals surface area contributed by atoms with Crippen molar-refractivity contribution in [3.8, 4) is 0 Å². The van der Waals surface area contributed by atoms with E-state index in [1.54, 1.807) is 0 Å². The predicted octanol–water partition coefficient (Wildman–Crippen LogP) is 2.19. The number of Topliss-reactive ketones (excluding diaryl/α,β-unsaturated/α-hetero) is 1. The first-order chi connectivity index (χ1) is 8.57. The van der Waals surface area contributed by atoms with E-state index in [-0.39, 0.29) is 18.1 Å². The Labute approximate surface area is 110 Å². The smallest absolute Gasteiger partial charge is 0.193 e. The lowest BCUT2D eigenvalue weighted by Gasteiger charge is -2.07. The molecule has 1 atom stereocenters. The van der Waals surface area contributed by atoms with Crippen LogP contribution in [0.1, 0.15) is 51.9 Å². The van der Waals surface area contributed by atoms with Crippen molar-refractivity contribution in [3.63, 3.8) is 0 Å². The summed E-state index contributed by atoms with van der Waals surface area (Å²) in [5.41, 5.74) is 0. The number of carbonyl (C=O) groups excluding carboxylic acids is 1. The van der Waals surface area contributed by atoms with Crippen LogP contribution >= 0.6 is 0 Å². The van der Waals surface area contributed by atoms with Crippen LogP contribution in [0.25, 0.3) is 0 Å². The van der Waals surface area contributed by atoms with Gasteiger partial charge < -0.3 is 14.9 Å². The Bertz CT molecular complexity index is 238. The molecule has 0 heterocycles. The molecule has 0 amide bonds. The zero-order valence-electron chi connectivity index (χ0n) is 11.4. The van der Waals surface area contributed by atoms with Gasteiger partial charge in [0.05, 0.1) is 19.3 Å². The maximum absolute atomic E-state index is 10.8. The van der Waals surface area contributed by atoms with Crippen molar-refractivity contribution in [2.45, 2.75) is 58.0 Å². The largest absolute Gasteiger partial charge is 0.491 e. The van der Waals surface area contributed by atoms with Crippen molar-refractivity contribution in [1.29, 1.82) is 0 Å². The second-order valence-corrected chi connectivity index (χ2v) is 4.57. The molecular formula is C14H26O4. The molecule has 0 aliphatic heterocycles. The highest BCUT2D eigenvalue weighted by Crippen LogP contribution is 2.09. The molecule has 1 unspecified atom stereocenters. The number of ether oxygens (including phenoxy) is 1. The molecule has 0 aliphatic carbocycles. The Hall–Kier alpha value is -0.870. The molecule has 0 bridgehead atoms. The van der Waals surface area contributed by atoms with Crippen molar-refractivity contribution < 1.29 is 19.7 Å². The third-order valence-electron chi connectivity index (χ3n) is 2.81. The number of rotatable bonds is 12. The van der Waals surface area contributed by atoms with Gasteiger partial charge in [0.2, 0.25) is 0 Å². The topological polar surface area (TPSA) is 66.8 Å². The number of aliphatic hydroxyl groups excluding tert-OH is 2. The van der Waals surface area contributed by atoms with Crippen LogP contribution in [0, 0.1) is 0 Å². The Balaban J connectivity index is 3.17. The molecule has 0 radical (unpaired) electrons. The molecule has 106 valence electrons. The maximum atomic E-state index is 10.8. The maximum Gasteiger partial charge on any atom is 0.193 e. The highest BCUT2D eigenvalue weighted by Gasteiger charge is 2.01. The molecule has 0 aliphatic rings. The van der Waals surface area contributed by atoms with Gasteiger partial charge >= 0.3 is 0 Å². The third-order valence-corrected chi connectivity index (χ3v) is 2.81. The molecule has 4 nitrogen and oxygen atoms in total. The summed E-state index contributed by atoms with van der Waals surface area (Å²) in [5, 5.41) is 17.7. The summed E-state index contributed by atoms with van der Waals surface area (Å²) in [7, 11) is 0.